The highest BCUT2D eigenvalue weighted by Gasteiger charge is 2.21. The summed E-state index contributed by atoms with van der Waals surface area (Å²) in [7, 11) is 1.27. The van der Waals surface area contributed by atoms with Gasteiger partial charge in [-0.3, -0.25) is 19.0 Å². The minimum Gasteiger partial charge on any atom is -0.468 e. The third kappa shape index (κ3) is 3.74. The Labute approximate surface area is 133 Å². The van der Waals surface area contributed by atoms with E-state index in [1.807, 2.05) is 6.07 Å². The molecule has 0 aliphatic rings. The lowest BCUT2D eigenvalue weighted by molar-refractivity contribution is -0.148. The average molecular weight is 317 g/mol. The van der Waals surface area contributed by atoms with Crippen molar-refractivity contribution in [1.29, 1.82) is 0 Å². The summed E-state index contributed by atoms with van der Waals surface area (Å²) < 4.78 is 5.97. The number of nitrogens with zero attached hydrogens (tertiary/aromatic N) is 3. The van der Waals surface area contributed by atoms with Gasteiger partial charge in [-0.1, -0.05) is 12.1 Å². The van der Waals surface area contributed by atoms with Gasteiger partial charge < -0.3 is 9.64 Å². The number of rotatable bonds is 5. The number of hydrogen-bond donors (Lipinski definition) is 0. The van der Waals surface area contributed by atoms with E-state index in [1.165, 1.54) is 22.8 Å². The van der Waals surface area contributed by atoms with Gasteiger partial charge >= 0.3 is 5.97 Å². The van der Waals surface area contributed by atoms with E-state index < -0.39 is 5.97 Å². The predicted octanol–water partition coefficient (Wildman–Crippen LogP) is 0.806. The van der Waals surface area contributed by atoms with Gasteiger partial charge in [-0.25, -0.2) is 4.98 Å². The van der Waals surface area contributed by atoms with E-state index >= 15 is 0 Å². The van der Waals surface area contributed by atoms with Crippen LogP contribution in [0.2, 0.25) is 0 Å². The van der Waals surface area contributed by atoms with Gasteiger partial charge in [0.2, 0.25) is 5.91 Å². The summed E-state index contributed by atoms with van der Waals surface area (Å²) in [6.45, 7) is 3.30. The summed E-state index contributed by atoms with van der Waals surface area (Å²) in [4.78, 5) is 41.5. The Morgan fingerprint density at radius 1 is 1.30 bits per heavy atom. The van der Waals surface area contributed by atoms with E-state index in [1.54, 1.807) is 32.0 Å². The van der Waals surface area contributed by atoms with Crippen molar-refractivity contribution in [2.24, 2.45) is 0 Å². The zero-order valence-corrected chi connectivity index (χ0v) is 13.4. The van der Waals surface area contributed by atoms with E-state index in [2.05, 4.69) is 9.72 Å². The molecule has 7 heteroatoms. The smallest absolute Gasteiger partial charge is 0.325 e. The average Bonchev–Trinajstić information content (AvgIpc) is 2.54. The SMILES string of the molecule is COC(=O)CN(C(=O)Cn1c(=O)cnc2ccccc21)C(C)C. The van der Waals surface area contributed by atoms with Crippen LogP contribution in [0.25, 0.3) is 11.0 Å². The number of aromatic nitrogens is 2. The van der Waals surface area contributed by atoms with Crippen molar-refractivity contribution in [3.63, 3.8) is 0 Å². The lowest BCUT2D eigenvalue weighted by Crippen LogP contribution is -2.43. The van der Waals surface area contributed by atoms with Crippen molar-refractivity contribution in [2.75, 3.05) is 13.7 Å². The second-order valence-corrected chi connectivity index (χ2v) is 5.36. The number of esters is 1. The van der Waals surface area contributed by atoms with Crippen LogP contribution in [0.3, 0.4) is 0 Å². The molecular weight excluding hydrogens is 298 g/mol. The van der Waals surface area contributed by atoms with Gasteiger partial charge in [0.1, 0.15) is 13.1 Å². The summed E-state index contributed by atoms with van der Waals surface area (Å²) in [5.41, 5.74) is 0.845. The molecule has 1 heterocycles. The van der Waals surface area contributed by atoms with Gasteiger partial charge in [0, 0.05) is 6.04 Å². The maximum absolute atomic E-state index is 12.5. The molecule has 0 fully saturated rings. The van der Waals surface area contributed by atoms with Gasteiger partial charge in [-0.05, 0) is 26.0 Å². The second kappa shape index (κ2) is 7.04. The van der Waals surface area contributed by atoms with E-state index in [0.717, 1.165) is 0 Å². The van der Waals surface area contributed by atoms with Crippen LogP contribution in [0.1, 0.15) is 13.8 Å². The maximum Gasteiger partial charge on any atom is 0.325 e. The number of carbonyl (C=O) groups excluding carboxylic acids is 2. The van der Waals surface area contributed by atoms with Crippen LogP contribution in [-0.2, 0) is 20.9 Å². The third-order valence-electron chi connectivity index (χ3n) is 3.52. The zero-order valence-electron chi connectivity index (χ0n) is 13.4. The summed E-state index contributed by atoms with van der Waals surface area (Å²) in [5, 5.41) is 0. The first-order valence-corrected chi connectivity index (χ1v) is 7.25. The standard InChI is InChI=1S/C16H19N3O4/c1-11(2)18(10-16(22)23-3)15(21)9-19-13-7-5-4-6-12(13)17-8-14(19)20/h4-8,11H,9-10H2,1-3H3. The molecule has 0 aliphatic carbocycles. The largest absolute Gasteiger partial charge is 0.468 e. The van der Waals surface area contributed by atoms with Crippen molar-refractivity contribution >= 4 is 22.9 Å². The van der Waals surface area contributed by atoms with Crippen LogP contribution in [-0.4, -0.2) is 46.0 Å². The Balaban J connectivity index is 2.33. The number of ether oxygens (including phenoxy) is 1. The third-order valence-corrected chi connectivity index (χ3v) is 3.52. The number of amides is 1. The van der Waals surface area contributed by atoms with Crippen LogP contribution in [0.15, 0.2) is 35.3 Å². The molecule has 2 aromatic rings. The molecule has 2 rings (SSSR count). The number of methoxy groups -OCH3 is 1. The molecular formula is C16H19N3O4. The maximum atomic E-state index is 12.5. The van der Waals surface area contributed by atoms with E-state index in [0.29, 0.717) is 11.0 Å². The van der Waals surface area contributed by atoms with E-state index in [4.69, 9.17) is 0 Å². The van der Waals surface area contributed by atoms with Gasteiger partial charge in [-0.15, -0.1) is 0 Å². The summed E-state index contributed by atoms with van der Waals surface area (Å²) in [6.07, 6.45) is 1.19. The molecule has 0 spiro atoms. The fraction of sp³-hybridized carbons (Fsp3) is 0.375. The Kier molecular flexibility index (Phi) is 5.10. The first-order valence-electron chi connectivity index (χ1n) is 7.25. The normalized spacial score (nSPS) is 10.8. The minimum absolute atomic E-state index is 0.148. The molecule has 122 valence electrons. The molecule has 7 nitrogen and oxygen atoms in total. The zero-order chi connectivity index (χ0) is 17.0. The highest BCUT2D eigenvalue weighted by Crippen LogP contribution is 2.09. The monoisotopic (exact) mass is 317 g/mol. The van der Waals surface area contributed by atoms with Gasteiger partial charge in [-0.2, -0.15) is 0 Å². The Hall–Kier alpha value is -2.70. The molecule has 0 bridgehead atoms. The van der Waals surface area contributed by atoms with Crippen LogP contribution >= 0.6 is 0 Å². The second-order valence-electron chi connectivity index (χ2n) is 5.36. The minimum atomic E-state index is -0.501. The van der Waals surface area contributed by atoms with Gasteiger partial charge in [0.25, 0.3) is 5.56 Å². The number of hydrogen-bond acceptors (Lipinski definition) is 5. The topological polar surface area (TPSA) is 81.5 Å². The van der Waals surface area contributed by atoms with Gasteiger partial charge in [0.05, 0.1) is 24.3 Å². The Morgan fingerprint density at radius 3 is 2.65 bits per heavy atom. The van der Waals surface area contributed by atoms with Crippen LogP contribution < -0.4 is 5.56 Å². The number of carbonyl (C=O) groups is 2. The summed E-state index contributed by atoms with van der Waals surface area (Å²) in [5.74, 6) is -0.831. The number of para-hydroxylation sites is 2. The van der Waals surface area contributed by atoms with Crippen LogP contribution in [0, 0.1) is 0 Å². The molecule has 0 unspecified atom stereocenters. The molecule has 0 N–H and O–H groups in total. The fourth-order valence-corrected chi connectivity index (χ4v) is 2.27. The number of fused-ring (bicyclic) bond motifs is 1. The van der Waals surface area contributed by atoms with Gasteiger partial charge in [0.15, 0.2) is 0 Å². The summed E-state index contributed by atoms with van der Waals surface area (Å²) in [6, 6.07) is 6.90. The van der Waals surface area contributed by atoms with Crippen molar-refractivity contribution in [2.45, 2.75) is 26.4 Å². The molecule has 0 atom stereocenters. The van der Waals surface area contributed by atoms with E-state index in [9.17, 15) is 14.4 Å². The quantitative estimate of drug-likeness (QED) is 0.762. The Morgan fingerprint density at radius 2 is 2.00 bits per heavy atom. The predicted molar refractivity (Wildman–Crippen MR) is 84.9 cm³/mol. The van der Waals surface area contributed by atoms with E-state index in [-0.39, 0.29) is 30.6 Å². The Bertz CT molecular complexity index is 782. The number of benzene rings is 1. The molecule has 0 radical (unpaired) electrons. The molecule has 1 aromatic heterocycles. The first-order chi connectivity index (χ1) is 10.9. The highest BCUT2D eigenvalue weighted by atomic mass is 16.5. The molecule has 0 saturated carbocycles. The molecule has 0 aliphatic heterocycles. The molecule has 23 heavy (non-hydrogen) atoms. The van der Waals surface area contributed by atoms with Crippen molar-refractivity contribution in [3.8, 4) is 0 Å². The molecule has 1 amide bonds. The van der Waals surface area contributed by atoms with Crippen LogP contribution in [0.4, 0.5) is 0 Å². The first kappa shape index (κ1) is 16.7. The van der Waals surface area contributed by atoms with Crippen molar-refractivity contribution in [3.05, 3.63) is 40.8 Å². The fourth-order valence-electron chi connectivity index (χ4n) is 2.27. The highest BCUT2D eigenvalue weighted by molar-refractivity contribution is 5.83. The summed E-state index contributed by atoms with van der Waals surface area (Å²) >= 11 is 0. The lowest BCUT2D eigenvalue weighted by atomic mass is 10.2. The molecule has 0 saturated heterocycles. The molecule has 1 aromatic carbocycles. The van der Waals surface area contributed by atoms with Crippen molar-refractivity contribution in [1.82, 2.24) is 14.5 Å². The van der Waals surface area contributed by atoms with Crippen molar-refractivity contribution < 1.29 is 14.3 Å². The lowest BCUT2D eigenvalue weighted by Gasteiger charge is -2.26. The van der Waals surface area contributed by atoms with Crippen LogP contribution in [0.5, 0.6) is 0 Å².